The molecule has 4 aromatic rings. The summed E-state index contributed by atoms with van der Waals surface area (Å²) in [5.41, 5.74) is -2.85. The molecule has 20 atom stereocenters. The maximum Gasteiger partial charge on any atom is 0.335 e. The number of carboxylic acids is 1. The number of aromatic hydroxyl groups is 5. The molecule has 0 radical (unpaired) electrons. The summed E-state index contributed by atoms with van der Waals surface area (Å²) in [7, 11) is 0. The molecule has 36 heteroatoms. The Morgan fingerprint density at radius 1 is 0.516 bits per heavy atom. The third-order valence-electron chi connectivity index (χ3n) is 15.5. The highest BCUT2D eigenvalue weighted by Crippen LogP contribution is 2.45. The summed E-state index contributed by atoms with van der Waals surface area (Å²) < 4.78 is 73.5. The quantitative estimate of drug-likeness (QED) is 0.0159. The Bertz CT molecular complexity index is 3890. The molecule has 4 fully saturated rings. The van der Waals surface area contributed by atoms with E-state index in [4.69, 9.17) is 60.9 Å². The van der Waals surface area contributed by atoms with Crippen molar-refractivity contribution in [1.29, 1.82) is 0 Å². The first-order chi connectivity index (χ1) is 45.0. The van der Waals surface area contributed by atoms with Crippen molar-refractivity contribution in [2.24, 2.45) is 0 Å². The molecular weight excluding hydrogens is 1280 g/mol. The minimum atomic E-state index is -2.43. The largest absolute Gasteiger partial charge is 0.508 e. The van der Waals surface area contributed by atoms with Gasteiger partial charge in [0.15, 0.2) is 71.0 Å². The van der Waals surface area contributed by atoms with Crippen LogP contribution in [0.3, 0.4) is 0 Å². The molecule has 0 spiro atoms. The summed E-state index contributed by atoms with van der Waals surface area (Å²) >= 11 is 0. The number of carboxylic acid groups (broad SMARTS) is 1. The average molecular weight is 1350 g/mol. The maximum atomic E-state index is 14.7. The Kier molecular flexibility index (Phi) is 20.3. The molecule has 4 saturated heterocycles. The fourth-order valence-electron chi connectivity index (χ4n) is 10.6. The molecule has 6 aliphatic rings. The topological polar surface area (TPSA) is 574 Å². The van der Waals surface area contributed by atoms with Crippen molar-refractivity contribution in [2.75, 3.05) is 19.8 Å². The molecule has 512 valence electrons. The van der Waals surface area contributed by atoms with E-state index in [1.165, 1.54) is 18.2 Å². The fraction of sp³-hybridized carbons (Fsp3) is 0.424. The van der Waals surface area contributed by atoms with Crippen molar-refractivity contribution in [1.82, 2.24) is 0 Å². The molecule has 5 aliphatic heterocycles. The molecule has 10 rings (SSSR count). The SMILES string of the molecule is CC(=O)O[C@@H]1[C@@H](O)[C@H](Oc2cc3c(O)cc(=O)cc-3oc2-c2ccc(O)c(O)c2)O[C@H](COC(=O)CC(=O)O[C@H]2[C@H](Oc3cc(O)c4c(=O)c(O[C@@H]5O[C@H](CO)[C@@H](O)[C@H](O)[C@H]5O[C@@H]5O[C@H](CO)[C@@H](O)[C@H](O)[C@H]5O)c(-c5ccc(O)cc5)oc4c3)O[C@H](C(=O)O)[C@@H](O)[C@@H]2O)[C@H]1O. The number of ether oxygens (including phenoxy) is 11. The molecule has 0 amide bonds. The molecule has 0 unspecified atom stereocenters. The van der Waals surface area contributed by atoms with Crippen LogP contribution in [0.25, 0.3) is 44.9 Å². The number of hydrogen-bond acceptors (Lipinski definition) is 35. The standard InChI is InChI=1S/C59H60O36/c1-18(62)84-50-40(73)34(91-57(47(50)80)88-31-13-24-26(66)9-22(64)10-29(24)86-48(31)20-4-7-25(65)27(67)8-20)17-83-35(69)14-36(70)92-53-45(78)44(77)52(55(81)82)94-58(53)85-23-11-28(68)37-30(12-23)87-49(19-2-5-21(63)6-3-19)51(41(37)74)93-59-54(43(76)39(72)33(16-61)90-59)95-56-46(79)42(75)38(71)32(15-60)89-56/h2-13,32-34,38-40,42-47,50,52-54,56-61,63,65-68,71-73,75-80H,14-17H2,1H3,(H,81,82)/t32-,33-,34-,38-,39-,40-,42+,43+,44+,45+,46-,47-,50+,52+,53-,54-,56+,57-,58-,59+/m1/s1. The number of esters is 3. The van der Waals surface area contributed by atoms with Crippen molar-refractivity contribution < 1.29 is 167 Å². The van der Waals surface area contributed by atoms with Crippen molar-refractivity contribution in [2.45, 2.75) is 136 Å². The first kappa shape index (κ1) is 68.8. The van der Waals surface area contributed by atoms with Crippen LogP contribution >= 0.6 is 0 Å². The second kappa shape index (κ2) is 28.1. The molecule has 36 nitrogen and oxygen atoms in total. The summed E-state index contributed by atoms with van der Waals surface area (Å²) in [4.78, 5) is 78.5. The number of hydrogen-bond donors (Lipinski definition) is 17. The van der Waals surface area contributed by atoms with Crippen LogP contribution in [0.5, 0.6) is 46.0 Å². The summed E-state index contributed by atoms with van der Waals surface area (Å²) in [6.07, 6.45) is -42.7. The van der Waals surface area contributed by atoms with Gasteiger partial charge >= 0.3 is 23.9 Å². The van der Waals surface area contributed by atoms with E-state index in [0.29, 0.717) is 6.07 Å². The van der Waals surface area contributed by atoms with Gasteiger partial charge in [-0.15, -0.1) is 0 Å². The van der Waals surface area contributed by atoms with E-state index in [-0.39, 0.29) is 34.0 Å². The van der Waals surface area contributed by atoms with Gasteiger partial charge in [0.25, 0.3) is 0 Å². The zero-order chi connectivity index (χ0) is 68.8. The van der Waals surface area contributed by atoms with Crippen LogP contribution < -0.4 is 25.1 Å². The number of aliphatic hydroxyl groups excluding tert-OH is 11. The second-order valence-electron chi connectivity index (χ2n) is 22.0. The average Bonchev–Trinajstić information content (AvgIpc) is 0.764. The Hall–Kier alpha value is -9.06. The maximum absolute atomic E-state index is 14.7. The minimum Gasteiger partial charge on any atom is -0.508 e. The van der Waals surface area contributed by atoms with Crippen LogP contribution in [0.15, 0.2) is 91.2 Å². The summed E-state index contributed by atoms with van der Waals surface area (Å²) in [6.45, 7) is -2.05. The first-order valence-electron chi connectivity index (χ1n) is 28.4. The van der Waals surface area contributed by atoms with Gasteiger partial charge in [-0.2, -0.15) is 0 Å². The van der Waals surface area contributed by atoms with Gasteiger partial charge in [-0.05, 0) is 48.5 Å². The number of fused-ring (bicyclic) bond motifs is 2. The summed E-state index contributed by atoms with van der Waals surface area (Å²) in [6, 6.07) is 12.4. The molecule has 0 saturated carbocycles. The van der Waals surface area contributed by atoms with Crippen LogP contribution in [-0.4, -0.2) is 253 Å². The molecular formula is C59H60O36. The van der Waals surface area contributed by atoms with Gasteiger partial charge < -0.3 is 148 Å². The summed E-state index contributed by atoms with van der Waals surface area (Å²) in [5, 5.41) is 180. The third-order valence-corrected chi connectivity index (χ3v) is 15.5. The highest BCUT2D eigenvalue weighted by atomic mass is 16.8. The third kappa shape index (κ3) is 14.2. The Morgan fingerprint density at radius 2 is 1.16 bits per heavy atom. The molecule has 6 heterocycles. The highest BCUT2D eigenvalue weighted by Gasteiger charge is 2.54. The van der Waals surface area contributed by atoms with Crippen molar-refractivity contribution in [3.8, 4) is 80.0 Å². The molecule has 95 heavy (non-hydrogen) atoms. The number of phenolic OH excluding ortho intramolecular Hbond substituents is 5. The van der Waals surface area contributed by atoms with Crippen LogP contribution in [0.4, 0.5) is 0 Å². The lowest BCUT2D eigenvalue weighted by Crippen LogP contribution is -2.65. The Balaban J connectivity index is 0.889. The Labute approximate surface area is 529 Å². The van der Waals surface area contributed by atoms with Gasteiger partial charge in [0.1, 0.15) is 120 Å². The molecule has 1 aliphatic carbocycles. The second-order valence-corrected chi connectivity index (χ2v) is 22.0. The monoisotopic (exact) mass is 1340 g/mol. The van der Waals surface area contributed by atoms with Crippen molar-refractivity contribution >= 4 is 34.8 Å². The smallest absolute Gasteiger partial charge is 0.335 e. The van der Waals surface area contributed by atoms with Gasteiger partial charge in [0, 0.05) is 42.3 Å². The lowest BCUT2D eigenvalue weighted by molar-refractivity contribution is -0.358. The van der Waals surface area contributed by atoms with Crippen LogP contribution in [0.2, 0.25) is 0 Å². The number of benzene rings is 4. The van der Waals surface area contributed by atoms with Gasteiger partial charge in [0.2, 0.25) is 30.0 Å². The lowest BCUT2D eigenvalue weighted by atomic mass is 9.97. The fourth-order valence-corrected chi connectivity index (χ4v) is 10.6. The van der Waals surface area contributed by atoms with E-state index in [1.807, 2.05) is 0 Å². The lowest BCUT2D eigenvalue weighted by Gasteiger charge is -2.45. The molecule has 17 N–H and O–H groups in total. The number of aliphatic hydroxyl groups is 11. The predicted octanol–water partition coefficient (Wildman–Crippen LogP) is -4.07. The van der Waals surface area contributed by atoms with Crippen LogP contribution in [-0.2, 0) is 57.1 Å². The van der Waals surface area contributed by atoms with Crippen LogP contribution in [0.1, 0.15) is 13.3 Å². The number of carbonyl (C=O) groups is 4. The minimum absolute atomic E-state index is 0.0253. The zero-order valence-electron chi connectivity index (χ0n) is 48.7. The molecule has 0 bridgehead atoms. The van der Waals surface area contributed by atoms with Crippen molar-refractivity contribution in [3.05, 3.63) is 93.2 Å². The number of aliphatic carboxylic acids is 1. The Morgan fingerprint density at radius 3 is 1.82 bits per heavy atom. The van der Waals surface area contributed by atoms with E-state index in [2.05, 4.69) is 0 Å². The van der Waals surface area contributed by atoms with Gasteiger partial charge in [-0.3, -0.25) is 24.0 Å². The number of carbonyl (C=O) groups excluding carboxylic acids is 3. The first-order valence-corrected chi connectivity index (χ1v) is 28.4. The number of phenols is 5. The number of rotatable bonds is 19. The predicted molar refractivity (Wildman–Crippen MR) is 302 cm³/mol. The van der Waals surface area contributed by atoms with E-state index >= 15 is 0 Å². The van der Waals surface area contributed by atoms with Gasteiger partial charge in [-0.25, -0.2) is 4.79 Å². The van der Waals surface area contributed by atoms with E-state index < -0.39 is 241 Å². The van der Waals surface area contributed by atoms with E-state index in [0.717, 1.165) is 55.5 Å². The summed E-state index contributed by atoms with van der Waals surface area (Å²) in [5.74, 6) is -12.3. The zero-order valence-corrected chi connectivity index (χ0v) is 48.7. The molecule has 1 aromatic heterocycles. The van der Waals surface area contributed by atoms with Gasteiger partial charge in [0.05, 0.1) is 18.8 Å². The van der Waals surface area contributed by atoms with Gasteiger partial charge in [-0.1, -0.05) is 0 Å². The van der Waals surface area contributed by atoms with E-state index in [1.54, 1.807) is 0 Å². The molecule has 3 aromatic carbocycles. The normalized spacial score (nSPS) is 30.9. The highest BCUT2D eigenvalue weighted by molar-refractivity contribution is 5.91. The van der Waals surface area contributed by atoms with Crippen molar-refractivity contribution in [3.63, 3.8) is 0 Å². The van der Waals surface area contributed by atoms with E-state index in [9.17, 15) is 116 Å². The van der Waals surface area contributed by atoms with Crippen LogP contribution in [0, 0.1) is 0 Å².